The summed E-state index contributed by atoms with van der Waals surface area (Å²) in [5.41, 5.74) is -5.05. The molecular weight excluding hydrogens is 374 g/mol. The molecule has 2 rings (SSSR count). The van der Waals surface area contributed by atoms with Crippen LogP contribution in [0.3, 0.4) is 0 Å². The predicted octanol–water partition coefficient (Wildman–Crippen LogP) is 5.33. The van der Waals surface area contributed by atoms with Gasteiger partial charge in [-0.1, -0.05) is 50.3 Å². The molecule has 0 aromatic heterocycles. The Morgan fingerprint density at radius 1 is 1.04 bits per heavy atom. The van der Waals surface area contributed by atoms with Gasteiger partial charge in [0.25, 0.3) is 5.60 Å². The zero-order chi connectivity index (χ0) is 20.7. The summed E-state index contributed by atoms with van der Waals surface area (Å²) in [4.78, 5) is 11.0. The fraction of sp³-hybridized carbons (Fsp3) is 0.421. The predicted molar refractivity (Wildman–Crippen MR) is 87.6 cm³/mol. The molecule has 1 atom stereocenters. The summed E-state index contributed by atoms with van der Waals surface area (Å²) >= 11 is 0. The molecule has 1 aliphatic rings. The van der Waals surface area contributed by atoms with Crippen molar-refractivity contribution in [3.05, 3.63) is 53.1 Å². The van der Waals surface area contributed by atoms with E-state index >= 15 is 0 Å². The van der Waals surface area contributed by atoms with Gasteiger partial charge in [0.15, 0.2) is 0 Å². The third-order valence-corrected chi connectivity index (χ3v) is 5.07. The van der Waals surface area contributed by atoms with E-state index in [4.69, 9.17) is 0 Å². The molecule has 0 radical (unpaired) electrons. The van der Waals surface area contributed by atoms with Crippen molar-refractivity contribution in [1.29, 1.82) is 0 Å². The normalized spacial score (nSPS) is 21.5. The summed E-state index contributed by atoms with van der Waals surface area (Å²) in [5, 5.41) is 9.46. The van der Waals surface area contributed by atoms with Crippen LogP contribution in [0.25, 0.3) is 5.57 Å². The molecule has 27 heavy (non-hydrogen) atoms. The largest absolute Gasteiger partial charge is 0.430 e. The second-order valence-electron chi connectivity index (χ2n) is 6.81. The zero-order valence-electron chi connectivity index (χ0n) is 14.6. The van der Waals surface area contributed by atoms with Crippen LogP contribution in [-0.4, -0.2) is 23.7 Å². The number of hydrogen-bond donors (Lipinski definition) is 1. The van der Waals surface area contributed by atoms with Crippen molar-refractivity contribution in [2.24, 2.45) is 5.41 Å². The molecule has 0 aliphatic heterocycles. The summed E-state index contributed by atoms with van der Waals surface area (Å²) in [7, 11) is 0. The second-order valence-corrected chi connectivity index (χ2v) is 6.81. The molecule has 1 aromatic carbocycles. The molecule has 0 saturated carbocycles. The van der Waals surface area contributed by atoms with Crippen LogP contribution in [0.4, 0.5) is 26.3 Å². The molecule has 0 saturated heterocycles. The topological polar surface area (TPSA) is 37.3 Å². The monoisotopic (exact) mass is 392 g/mol. The first kappa shape index (κ1) is 21.2. The van der Waals surface area contributed by atoms with E-state index in [-0.39, 0.29) is 0 Å². The summed E-state index contributed by atoms with van der Waals surface area (Å²) in [6.07, 6.45) is -6.87. The Morgan fingerprint density at radius 3 is 1.96 bits per heavy atom. The summed E-state index contributed by atoms with van der Waals surface area (Å²) in [6, 6.07) is 3.51. The van der Waals surface area contributed by atoms with Crippen LogP contribution < -0.4 is 0 Å². The molecule has 8 heteroatoms. The van der Waals surface area contributed by atoms with E-state index in [0.717, 1.165) is 18.4 Å². The highest BCUT2D eigenvalue weighted by Gasteiger charge is 2.71. The highest BCUT2D eigenvalue weighted by atomic mass is 19.4. The number of carbonyl (C=O) groups excluding carboxylic acids is 1. The molecular formula is C19H18F6O2. The van der Waals surface area contributed by atoms with Crippen molar-refractivity contribution in [2.45, 2.75) is 44.6 Å². The van der Waals surface area contributed by atoms with Gasteiger partial charge in [-0.25, -0.2) is 0 Å². The van der Waals surface area contributed by atoms with Crippen molar-refractivity contribution >= 4 is 11.9 Å². The lowest BCUT2D eigenvalue weighted by Crippen LogP contribution is -2.53. The number of halogens is 6. The molecule has 1 aliphatic carbocycles. The smallest absolute Gasteiger partial charge is 0.369 e. The number of aldehydes is 1. The van der Waals surface area contributed by atoms with Gasteiger partial charge in [0.1, 0.15) is 6.29 Å². The highest BCUT2D eigenvalue weighted by Crippen LogP contribution is 2.51. The highest BCUT2D eigenvalue weighted by molar-refractivity contribution is 5.81. The molecule has 0 spiro atoms. The van der Waals surface area contributed by atoms with E-state index in [1.165, 1.54) is 0 Å². The van der Waals surface area contributed by atoms with E-state index in [1.54, 1.807) is 12.2 Å². The second kappa shape index (κ2) is 6.82. The Hall–Kier alpha value is -2.09. The quantitative estimate of drug-likeness (QED) is 0.556. The van der Waals surface area contributed by atoms with E-state index in [1.807, 2.05) is 13.8 Å². The number of rotatable bonds is 4. The van der Waals surface area contributed by atoms with Gasteiger partial charge >= 0.3 is 12.4 Å². The number of alkyl halides is 6. The number of carbonyl (C=O) groups is 1. The third kappa shape index (κ3) is 3.54. The van der Waals surface area contributed by atoms with Gasteiger partial charge in [0.05, 0.1) is 0 Å². The van der Waals surface area contributed by atoms with Gasteiger partial charge in [0, 0.05) is 5.56 Å². The first-order chi connectivity index (χ1) is 12.3. The minimum absolute atomic E-state index is 0.412. The average molecular weight is 392 g/mol. The molecule has 0 heterocycles. The number of benzene rings is 1. The summed E-state index contributed by atoms with van der Waals surface area (Å²) in [6.45, 7) is 3.74. The maximum Gasteiger partial charge on any atom is 0.430 e. The Balaban J connectivity index is 2.52. The fourth-order valence-electron chi connectivity index (χ4n) is 3.22. The van der Waals surface area contributed by atoms with Crippen LogP contribution in [0, 0.1) is 5.41 Å². The molecule has 1 unspecified atom stereocenters. The SMILES string of the molecule is CCC1(C)CC(C=O)=CC=C1c1ccc(C(O)(C(F)(F)F)C(F)(F)F)cc1. The van der Waals surface area contributed by atoms with Crippen molar-refractivity contribution in [3.63, 3.8) is 0 Å². The maximum atomic E-state index is 13.0. The Bertz CT molecular complexity index is 757. The standard InChI is InChI=1S/C19H18F6O2/c1-3-16(2)10-12(11-26)4-9-15(16)13-5-7-14(8-6-13)17(27,18(20,21)22)19(23,24)25/h4-9,11,27H,3,10H2,1-2H3. The molecule has 0 bridgehead atoms. The van der Waals surface area contributed by atoms with Crippen LogP contribution in [0.2, 0.25) is 0 Å². The minimum Gasteiger partial charge on any atom is -0.369 e. The number of aliphatic hydroxyl groups is 1. The van der Waals surface area contributed by atoms with Crippen LogP contribution in [-0.2, 0) is 10.4 Å². The van der Waals surface area contributed by atoms with Gasteiger partial charge < -0.3 is 5.11 Å². The zero-order valence-corrected chi connectivity index (χ0v) is 14.6. The fourth-order valence-corrected chi connectivity index (χ4v) is 3.22. The maximum absolute atomic E-state index is 13.0. The molecule has 0 amide bonds. The van der Waals surface area contributed by atoms with E-state index < -0.39 is 28.9 Å². The van der Waals surface area contributed by atoms with Gasteiger partial charge in [-0.3, -0.25) is 4.79 Å². The molecule has 2 nitrogen and oxygen atoms in total. The van der Waals surface area contributed by atoms with Crippen LogP contribution in [0.1, 0.15) is 37.8 Å². The number of hydrogen-bond acceptors (Lipinski definition) is 2. The lowest BCUT2D eigenvalue weighted by molar-refractivity contribution is -0.376. The first-order valence-electron chi connectivity index (χ1n) is 8.13. The average Bonchev–Trinajstić information content (AvgIpc) is 2.59. The first-order valence-corrected chi connectivity index (χ1v) is 8.13. The van der Waals surface area contributed by atoms with Crippen LogP contribution in [0.15, 0.2) is 42.0 Å². The number of allylic oxidation sites excluding steroid dienone is 4. The molecule has 1 aromatic rings. The summed E-state index contributed by atoms with van der Waals surface area (Å²) < 4.78 is 77.9. The van der Waals surface area contributed by atoms with Crippen molar-refractivity contribution < 1.29 is 36.2 Å². The van der Waals surface area contributed by atoms with Gasteiger partial charge in [-0.05, 0) is 35.0 Å². The minimum atomic E-state index is -5.92. The lowest BCUT2D eigenvalue weighted by Gasteiger charge is -2.35. The summed E-state index contributed by atoms with van der Waals surface area (Å²) in [5.74, 6) is 0. The molecule has 1 N–H and O–H groups in total. The van der Waals surface area contributed by atoms with Crippen molar-refractivity contribution in [1.82, 2.24) is 0 Å². The van der Waals surface area contributed by atoms with E-state index in [2.05, 4.69) is 0 Å². The van der Waals surface area contributed by atoms with Gasteiger partial charge in [0.2, 0.25) is 0 Å². The van der Waals surface area contributed by atoms with E-state index in [0.29, 0.717) is 41.7 Å². The van der Waals surface area contributed by atoms with Crippen LogP contribution in [0.5, 0.6) is 0 Å². The van der Waals surface area contributed by atoms with E-state index in [9.17, 15) is 36.2 Å². The van der Waals surface area contributed by atoms with Crippen LogP contribution >= 0.6 is 0 Å². The third-order valence-electron chi connectivity index (χ3n) is 5.07. The van der Waals surface area contributed by atoms with Gasteiger partial charge in [-0.15, -0.1) is 0 Å². The Labute approximate surface area is 152 Å². The molecule has 148 valence electrons. The van der Waals surface area contributed by atoms with Gasteiger partial charge in [-0.2, -0.15) is 26.3 Å². The molecule has 0 fully saturated rings. The van der Waals surface area contributed by atoms with Crippen molar-refractivity contribution in [2.75, 3.05) is 0 Å². The van der Waals surface area contributed by atoms with Crippen molar-refractivity contribution in [3.8, 4) is 0 Å². The Kier molecular flexibility index (Phi) is 5.35. The lowest BCUT2D eigenvalue weighted by atomic mass is 9.69. The Morgan fingerprint density at radius 2 is 1.56 bits per heavy atom.